The minimum atomic E-state index is -0.233. The third-order valence-electron chi connectivity index (χ3n) is 1.80. The van der Waals surface area contributed by atoms with Crippen molar-refractivity contribution in [1.82, 2.24) is 15.3 Å². The van der Waals surface area contributed by atoms with Crippen LogP contribution in [0, 0.1) is 0 Å². The van der Waals surface area contributed by atoms with Gasteiger partial charge in [0.15, 0.2) is 0 Å². The Balaban J connectivity index is 2.61. The molecule has 1 amide bonds. The third kappa shape index (κ3) is 4.97. The van der Waals surface area contributed by atoms with Crippen molar-refractivity contribution in [2.24, 2.45) is 0 Å². The lowest BCUT2D eigenvalue weighted by Gasteiger charge is -2.08. The molecule has 1 heterocycles. The van der Waals surface area contributed by atoms with Crippen molar-refractivity contribution in [2.45, 2.75) is 19.9 Å². The number of aromatic nitrogens is 2. The van der Waals surface area contributed by atoms with E-state index in [4.69, 9.17) is 16.3 Å². The van der Waals surface area contributed by atoms with Gasteiger partial charge in [0, 0.05) is 12.1 Å². The van der Waals surface area contributed by atoms with Crippen molar-refractivity contribution in [2.75, 3.05) is 19.0 Å². The highest BCUT2D eigenvalue weighted by molar-refractivity contribution is 6.29. The summed E-state index contributed by atoms with van der Waals surface area (Å²) in [6, 6.07) is 1.69. The molecule has 2 N–H and O–H groups in total. The Kier molecular flexibility index (Phi) is 5.11. The standard InChI is InChI=1S/C10H15ClN4O2/c1-6(2)12-5-8(16)14-10-13-7(11)4-9(15-10)17-3/h4,6,12H,5H2,1-3H3,(H,13,14,15,16). The van der Waals surface area contributed by atoms with Gasteiger partial charge >= 0.3 is 0 Å². The van der Waals surface area contributed by atoms with Gasteiger partial charge < -0.3 is 10.1 Å². The molecule has 0 aliphatic rings. The van der Waals surface area contributed by atoms with Crippen LogP contribution < -0.4 is 15.4 Å². The molecule has 0 saturated carbocycles. The van der Waals surface area contributed by atoms with Gasteiger partial charge in [0.25, 0.3) is 0 Å². The Labute approximate surface area is 105 Å². The van der Waals surface area contributed by atoms with Crippen LogP contribution in [-0.4, -0.2) is 35.6 Å². The van der Waals surface area contributed by atoms with Crippen LogP contribution in [0.5, 0.6) is 5.88 Å². The van der Waals surface area contributed by atoms with Crippen LogP contribution >= 0.6 is 11.6 Å². The predicted octanol–water partition coefficient (Wildman–Crippen LogP) is 1.08. The van der Waals surface area contributed by atoms with Crippen LogP contribution in [0.1, 0.15) is 13.8 Å². The van der Waals surface area contributed by atoms with E-state index >= 15 is 0 Å². The fourth-order valence-electron chi connectivity index (χ4n) is 1.02. The van der Waals surface area contributed by atoms with E-state index in [2.05, 4.69) is 20.6 Å². The summed E-state index contributed by atoms with van der Waals surface area (Å²) in [5, 5.41) is 5.71. The summed E-state index contributed by atoms with van der Waals surface area (Å²) in [4.78, 5) is 19.3. The maximum absolute atomic E-state index is 11.5. The van der Waals surface area contributed by atoms with E-state index in [0.29, 0.717) is 5.88 Å². The first-order valence-corrected chi connectivity index (χ1v) is 5.51. The smallest absolute Gasteiger partial charge is 0.240 e. The van der Waals surface area contributed by atoms with Crippen LogP contribution in [0.25, 0.3) is 0 Å². The molecule has 0 aromatic carbocycles. The van der Waals surface area contributed by atoms with Gasteiger partial charge in [-0.05, 0) is 0 Å². The number of amides is 1. The first kappa shape index (κ1) is 13.7. The Hall–Kier alpha value is -1.40. The van der Waals surface area contributed by atoms with Crippen molar-refractivity contribution in [3.8, 4) is 5.88 Å². The lowest BCUT2D eigenvalue weighted by atomic mass is 10.4. The molecule has 1 aromatic heterocycles. The number of nitrogens with one attached hydrogen (secondary N) is 2. The molecule has 0 aliphatic carbocycles. The SMILES string of the molecule is COc1cc(Cl)nc(NC(=O)CNC(C)C)n1. The molecule has 1 aromatic rings. The highest BCUT2D eigenvalue weighted by atomic mass is 35.5. The number of hydrogen-bond acceptors (Lipinski definition) is 5. The second-order valence-corrected chi connectivity index (χ2v) is 4.03. The summed E-state index contributed by atoms with van der Waals surface area (Å²) in [6.07, 6.45) is 0. The number of rotatable bonds is 5. The minimum Gasteiger partial charge on any atom is -0.481 e. The maximum Gasteiger partial charge on any atom is 0.240 e. The van der Waals surface area contributed by atoms with Crippen LogP contribution in [0.4, 0.5) is 5.95 Å². The third-order valence-corrected chi connectivity index (χ3v) is 2.00. The van der Waals surface area contributed by atoms with E-state index in [1.54, 1.807) is 0 Å². The maximum atomic E-state index is 11.5. The number of ether oxygens (including phenoxy) is 1. The number of carbonyl (C=O) groups is 1. The number of hydrogen-bond donors (Lipinski definition) is 2. The second kappa shape index (κ2) is 6.36. The predicted molar refractivity (Wildman–Crippen MR) is 65.4 cm³/mol. The first-order chi connectivity index (χ1) is 8.01. The molecule has 6 nitrogen and oxygen atoms in total. The molecular formula is C10H15ClN4O2. The molecule has 0 atom stereocenters. The normalized spacial score (nSPS) is 10.4. The molecule has 0 bridgehead atoms. The quantitative estimate of drug-likeness (QED) is 0.773. The van der Waals surface area contributed by atoms with Gasteiger partial charge in [-0.25, -0.2) is 4.98 Å². The molecule has 7 heteroatoms. The van der Waals surface area contributed by atoms with Crippen LogP contribution in [0.3, 0.4) is 0 Å². The number of anilines is 1. The Morgan fingerprint density at radius 3 is 2.82 bits per heavy atom. The zero-order valence-corrected chi connectivity index (χ0v) is 10.7. The van der Waals surface area contributed by atoms with E-state index in [1.807, 2.05) is 13.8 Å². The first-order valence-electron chi connectivity index (χ1n) is 5.13. The fraction of sp³-hybridized carbons (Fsp3) is 0.500. The molecule has 0 unspecified atom stereocenters. The van der Waals surface area contributed by atoms with Gasteiger partial charge in [-0.3, -0.25) is 10.1 Å². The van der Waals surface area contributed by atoms with Crippen molar-refractivity contribution in [1.29, 1.82) is 0 Å². The summed E-state index contributed by atoms with van der Waals surface area (Å²) in [6.45, 7) is 4.09. The van der Waals surface area contributed by atoms with Crippen molar-refractivity contribution in [3.63, 3.8) is 0 Å². The number of nitrogens with zero attached hydrogens (tertiary/aromatic N) is 2. The van der Waals surface area contributed by atoms with Crippen molar-refractivity contribution in [3.05, 3.63) is 11.2 Å². The van der Waals surface area contributed by atoms with Gasteiger partial charge in [-0.15, -0.1) is 0 Å². The van der Waals surface area contributed by atoms with Crippen LogP contribution in [0.15, 0.2) is 6.07 Å². The van der Waals surface area contributed by atoms with Crippen LogP contribution in [0.2, 0.25) is 5.15 Å². The molecule has 94 valence electrons. The van der Waals surface area contributed by atoms with E-state index in [0.717, 1.165) is 0 Å². The van der Waals surface area contributed by atoms with Crippen molar-refractivity contribution >= 4 is 23.5 Å². The molecule has 1 rings (SSSR count). The highest BCUT2D eigenvalue weighted by Gasteiger charge is 2.08. The highest BCUT2D eigenvalue weighted by Crippen LogP contribution is 2.15. The van der Waals surface area contributed by atoms with Gasteiger partial charge in [-0.1, -0.05) is 25.4 Å². The molecule has 0 spiro atoms. The Morgan fingerprint density at radius 1 is 1.53 bits per heavy atom. The van der Waals surface area contributed by atoms with Gasteiger partial charge in [0.2, 0.25) is 17.7 Å². The van der Waals surface area contributed by atoms with Crippen LogP contribution in [-0.2, 0) is 4.79 Å². The lowest BCUT2D eigenvalue weighted by molar-refractivity contribution is -0.115. The van der Waals surface area contributed by atoms with E-state index in [-0.39, 0.29) is 29.6 Å². The molecule has 0 fully saturated rings. The summed E-state index contributed by atoms with van der Waals surface area (Å²) in [5.41, 5.74) is 0. The average Bonchev–Trinajstić information content (AvgIpc) is 2.25. The molecule has 17 heavy (non-hydrogen) atoms. The molecule has 0 saturated heterocycles. The Bertz CT molecular complexity index is 398. The zero-order valence-electron chi connectivity index (χ0n) is 9.95. The largest absolute Gasteiger partial charge is 0.481 e. The van der Waals surface area contributed by atoms with Gasteiger partial charge in [0.1, 0.15) is 5.15 Å². The van der Waals surface area contributed by atoms with Crippen molar-refractivity contribution < 1.29 is 9.53 Å². The Morgan fingerprint density at radius 2 is 2.24 bits per heavy atom. The van der Waals surface area contributed by atoms with Gasteiger partial charge in [0.05, 0.1) is 13.7 Å². The lowest BCUT2D eigenvalue weighted by Crippen LogP contribution is -2.33. The topological polar surface area (TPSA) is 76.1 Å². The van der Waals surface area contributed by atoms with Gasteiger partial charge in [-0.2, -0.15) is 4.98 Å². The van der Waals surface area contributed by atoms with E-state index < -0.39 is 0 Å². The molecular weight excluding hydrogens is 244 g/mol. The molecule has 0 aliphatic heterocycles. The summed E-state index contributed by atoms with van der Waals surface area (Å²) in [5.74, 6) is 0.199. The average molecular weight is 259 g/mol. The van der Waals surface area contributed by atoms with E-state index in [9.17, 15) is 4.79 Å². The monoisotopic (exact) mass is 258 g/mol. The number of methoxy groups -OCH3 is 1. The summed E-state index contributed by atoms with van der Waals surface area (Å²) >= 11 is 5.74. The van der Waals surface area contributed by atoms with E-state index in [1.165, 1.54) is 13.2 Å². The summed E-state index contributed by atoms with van der Waals surface area (Å²) < 4.78 is 4.91. The minimum absolute atomic E-state index is 0.130. The molecule has 0 radical (unpaired) electrons. The number of carbonyl (C=O) groups excluding carboxylic acids is 1. The number of halogens is 1. The second-order valence-electron chi connectivity index (χ2n) is 3.64. The summed E-state index contributed by atoms with van der Waals surface area (Å²) in [7, 11) is 1.46. The zero-order chi connectivity index (χ0) is 12.8. The fourth-order valence-corrected chi connectivity index (χ4v) is 1.20.